The first-order valence-electron chi connectivity index (χ1n) is 5.08. The van der Waals surface area contributed by atoms with Crippen molar-refractivity contribution in [3.8, 4) is 0 Å². The lowest BCUT2D eigenvalue weighted by atomic mass is 10.3. The van der Waals surface area contributed by atoms with E-state index < -0.39 is 0 Å². The van der Waals surface area contributed by atoms with Gasteiger partial charge in [0.2, 0.25) is 0 Å². The molecular formula is C11H17N3. The highest BCUT2D eigenvalue weighted by molar-refractivity contribution is 5.70. The van der Waals surface area contributed by atoms with Crippen molar-refractivity contribution >= 4 is 11.2 Å². The predicted octanol–water partition coefficient (Wildman–Crippen LogP) is 2.56. The highest BCUT2D eigenvalue weighted by Gasteiger charge is 2.00. The van der Waals surface area contributed by atoms with Gasteiger partial charge in [0.1, 0.15) is 0 Å². The van der Waals surface area contributed by atoms with Crippen LogP contribution in [-0.4, -0.2) is 14.5 Å². The summed E-state index contributed by atoms with van der Waals surface area (Å²) in [5.41, 5.74) is 3.03. The number of pyridine rings is 1. The van der Waals surface area contributed by atoms with Gasteiger partial charge in [-0.25, -0.2) is 9.97 Å². The third-order valence-corrected chi connectivity index (χ3v) is 2.01. The number of aromatic nitrogens is 3. The number of rotatable bonds is 1. The number of fused-ring (bicyclic) bond motifs is 1. The second kappa shape index (κ2) is 4.74. The molecule has 0 bridgehead atoms. The molecule has 2 aromatic heterocycles. The van der Waals surface area contributed by atoms with Gasteiger partial charge in [-0.3, -0.25) is 0 Å². The predicted molar refractivity (Wildman–Crippen MR) is 59.2 cm³/mol. The zero-order valence-corrected chi connectivity index (χ0v) is 9.28. The van der Waals surface area contributed by atoms with Crippen molar-refractivity contribution in [3.05, 3.63) is 24.2 Å². The molecule has 2 aromatic rings. The van der Waals surface area contributed by atoms with Crippen molar-refractivity contribution in [1.29, 1.82) is 0 Å². The van der Waals surface area contributed by atoms with Crippen LogP contribution in [0.15, 0.2) is 18.5 Å². The van der Waals surface area contributed by atoms with E-state index in [1.54, 1.807) is 6.33 Å². The molecule has 0 aliphatic rings. The molecule has 0 saturated carbocycles. The average Bonchev–Trinajstić information content (AvgIpc) is 2.63. The molecule has 0 aliphatic heterocycles. The van der Waals surface area contributed by atoms with Gasteiger partial charge in [-0.15, -0.1) is 0 Å². The third-order valence-electron chi connectivity index (χ3n) is 2.01. The van der Waals surface area contributed by atoms with Crippen molar-refractivity contribution in [3.63, 3.8) is 0 Å². The van der Waals surface area contributed by atoms with Crippen LogP contribution in [0.4, 0.5) is 0 Å². The van der Waals surface area contributed by atoms with E-state index in [-0.39, 0.29) is 0 Å². The Hall–Kier alpha value is -1.38. The Bertz CT molecular complexity index is 404. The van der Waals surface area contributed by atoms with Crippen molar-refractivity contribution in [2.45, 2.75) is 27.2 Å². The van der Waals surface area contributed by atoms with Crippen molar-refractivity contribution in [2.24, 2.45) is 7.05 Å². The normalized spacial score (nSPS) is 9.71. The monoisotopic (exact) mass is 191 g/mol. The Labute approximate surface area is 84.8 Å². The van der Waals surface area contributed by atoms with E-state index in [1.807, 2.05) is 31.5 Å². The van der Waals surface area contributed by atoms with E-state index in [2.05, 4.69) is 23.0 Å². The Kier molecular flexibility index (Phi) is 3.63. The fourth-order valence-corrected chi connectivity index (χ4v) is 1.25. The highest BCUT2D eigenvalue weighted by Crippen LogP contribution is 2.09. The summed E-state index contributed by atoms with van der Waals surface area (Å²) in [6.45, 7) is 6.09. The quantitative estimate of drug-likeness (QED) is 0.693. The lowest BCUT2D eigenvalue weighted by Crippen LogP contribution is -1.88. The van der Waals surface area contributed by atoms with E-state index in [1.165, 1.54) is 0 Å². The fourth-order valence-electron chi connectivity index (χ4n) is 1.25. The third kappa shape index (κ3) is 1.92. The van der Waals surface area contributed by atoms with Crippen LogP contribution in [0.1, 0.15) is 26.5 Å². The van der Waals surface area contributed by atoms with Gasteiger partial charge >= 0.3 is 0 Å². The molecule has 2 heterocycles. The Morgan fingerprint density at radius 1 is 1.29 bits per heavy atom. The zero-order valence-electron chi connectivity index (χ0n) is 9.28. The molecule has 0 aliphatic carbocycles. The lowest BCUT2D eigenvalue weighted by Gasteiger charge is -1.95. The lowest BCUT2D eigenvalue weighted by molar-refractivity contribution is 0.947. The summed E-state index contributed by atoms with van der Waals surface area (Å²) in [4.78, 5) is 8.56. The molecule has 0 aromatic carbocycles. The molecule has 0 fully saturated rings. The van der Waals surface area contributed by atoms with Crippen molar-refractivity contribution in [2.75, 3.05) is 0 Å². The molecule has 3 nitrogen and oxygen atoms in total. The highest BCUT2D eigenvalue weighted by atomic mass is 15.1. The fraction of sp³-hybridized carbons (Fsp3) is 0.455. The van der Waals surface area contributed by atoms with Crippen LogP contribution in [0.3, 0.4) is 0 Å². The number of nitrogens with zero attached hydrogens (tertiary/aromatic N) is 3. The minimum atomic E-state index is 0.844. The van der Waals surface area contributed by atoms with Crippen LogP contribution < -0.4 is 0 Å². The van der Waals surface area contributed by atoms with Crippen LogP contribution in [0, 0.1) is 0 Å². The maximum Gasteiger partial charge on any atom is 0.177 e. The maximum absolute atomic E-state index is 4.38. The van der Waals surface area contributed by atoms with Crippen LogP contribution in [-0.2, 0) is 13.5 Å². The Morgan fingerprint density at radius 2 is 2.00 bits per heavy atom. The molecule has 76 valence electrons. The van der Waals surface area contributed by atoms with Gasteiger partial charge in [-0.2, -0.15) is 0 Å². The summed E-state index contributed by atoms with van der Waals surface area (Å²) in [5.74, 6) is 0. The molecule has 0 amide bonds. The van der Waals surface area contributed by atoms with Gasteiger partial charge in [0, 0.05) is 12.7 Å². The molecule has 0 spiro atoms. The van der Waals surface area contributed by atoms with E-state index in [9.17, 15) is 0 Å². The standard InChI is InChI=1S/C9H11N3.C2H6/c1-3-7-4-5-8-9(11-7)10-6-12(8)2;1-2/h4-6H,3H2,1-2H3;1-2H3. The number of imidazole rings is 1. The van der Waals surface area contributed by atoms with E-state index in [0.29, 0.717) is 0 Å². The second-order valence-electron chi connectivity index (χ2n) is 2.85. The maximum atomic E-state index is 4.38. The summed E-state index contributed by atoms with van der Waals surface area (Å²) < 4.78 is 1.97. The molecule has 2 rings (SSSR count). The van der Waals surface area contributed by atoms with Gasteiger partial charge in [0.25, 0.3) is 0 Å². The summed E-state index contributed by atoms with van der Waals surface area (Å²) in [6.07, 6.45) is 2.75. The summed E-state index contributed by atoms with van der Waals surface area (Å²) >= 11 is 0. The van der Waals surface area contributed by atoms with Gasteiger partial charge in [0.15, 0.2) is 5.65 Å². The smallest absolute Gasteiger partial charge is 0.177 e. The van der Waals surface area contributed by atoms with Crippen LogP contribution in [0.5, 0.6) is 0 Å². The van der Waals surface area contributed by atoms with Gasteiger partial charge < -0.3 is 4.57 Å². The van der Waals surface area contributed by atoms with Gasteiger partial charge in [-0.1, -0.05) is 20.8 Å². The molecular weight excluding hydrogens is 174 g/mol. The molecule has 0 saturated heterocycles. The summed E-state index contributed by atoms with van der Waals surface area (Å²) in [7, 11) is 1.97. The number of aryl methyl sites for hydroxylation is 2. The summed E-state index contributed by atoms with van der Waals surface area (Å²) in [6, 6.07) is 4.11. The largest absolute Gasteiger partial charge is 0.332 e. The second-order valence-corrected chi connectivity index (χ2v) is 2.85. The van der Waals surface area contributed by atoms with E-state index >= 15 is 0 Å². The average molecular weight is 191 g/mol. The molecule has 0 atom stereocenters. The minimum absolute atomic E-state index is 0.844. The van der Waals surface area contributed by atoms with Gasteiger partial charge in [0.05, 0.1) is 11.8 Å². The van der Waals surface area contributed by atoms with Gasteiger partial charge in [-0.05, 0) is 18.6 Å². The zero-order chi connectivity index (χ0) is 10.6. The van der Waals surface area contributed by atoms with E-state index in [4.69, 9.17) is 0 Å². The SMILES string of the molecule is CC.CCc1ccc2c(ncn2C)n1. The molecule has 0 unspecified atom stereocenters. The van der Waals surface area contributed by atoms with Crippen LogP contribution in [0.25, 0.3) is 11.2 Å². The molecule has 14 heavy (non-hydrogen) atoms. The summed E-state index contributed by atoms with van der Waals surface area (Å²) in [5, 5.41) is 0. The topological polar surface area (TPSA) is 30.7 Å². The Balaban J connectivity index is 0.000000461. The van der Waals surface area contributed by atoms with Crippen LogP contribution in [0.2, 0.25) is 0 Å². The van der Waals surface area contributed by atoms with E-state index in [0.717, 1.165) is 23.3 Å². The molecule has 0 N–H and O–H groups in total. The number of hydrogen-bond donors (Lipinski definition) is 0. The molecule has 0 radical (unpaired) electrons. The van der Waals surface area contributed by atoms with Crippen molar-refractivity contribution < 1.29 is 0 Å². The van der Waals surface area contributed by atoms with Crippen LogP contribution >= 0.6 is 0 Å². The number of hydrogen-bond acceptors (Lipinski definition) is 2. The first-order chi connectivity index (χ1) is 6.81. The minimum Gasteiger partial charge on any atom is -0.332 e. The van der Waals surface area contributed by atoms with Crippen molar-refractivity contribution in [1.82, 2.24) is 14.5 Å². The Morgan fingerprint density at radius 3 is 2.64 bits per heavy atom. The molecule has 3 heteroatoms. The first kappa shape index (κ1) is 10.7. The first-order valence-corrected chi connectivity index (χ1v) is 5.08.